The van der Waals surface area contributed by atoms with E-state index in [9.17, 15) is 0 Å². The molecule has 0 atom stereocenters. The summed E-state index contributed by atoms with van der Waals surface area (Å²) in [5.74, 6) is 0. The van der Waals surface area contributed by atoms with E-state index in [0.29, 0.717) is 0 Å². The van der Waals surface area contributed by atoms with Crippen LogP contribution in [0.1, 0.15) is 11.1 Å². The SMILES string of the molecule is Cc1cccc(C=N)c1.N. The minimum atomic E-state index is 0. The van der Waals surface area contributed by atoms with Gasteiger partial charge in [0.05, 0.1) is 0 Å². The Hall–Kier alpha value is -1.15. The van der Waals surface area contributed by atoms with Crippen molar-refractivity contribution in [2.45, 2.75) is 6.92 Å². The molecule has 1 rings (SSSR count). The predicted octanol–water partition coefficient (Wildman–Crippen LogP) is 2.15. The summed E-state index contributed by atoms with van der Waals surface area (Å²) in [6.45, 7) is 2.02. The molecule has 1 aromatic carbocycles. The van der Waals surface area contributed by atoms with Gasteiger partial charge in [0.1, 0.15) is 0 Å². The van der Waals surface area contributed by atoms with Crippen LogP contribution in [0.3, 0.4) is 0 Å². The van der Waals surface area contributed by atoms with E-state index in [2.05, 4.69) is 0 Å². The van der Waals surface area contributed by atoms with Gasteiger partial charge in [-0.2, -0.15) is 0 Å². The first-order valence-corrected chi connectivity index (χ1v) is 2.90. The molecule has 0 radical (unpaired) electrons. The second kappa shape index (κ2) is 3.80. The summed E-state index contributed by atoms with van der Waals surface area (Å²) in [4.78, 5) is 0. The van der Waals surface area contributed by atoms with Crippen molar-refractivity contribution in [2.24, 2.45) is 0 Å². The van der Waals surface area contributed by atoms with Crippen LogP contribution in [0.2, 0.25) is 0 Å². The highest BCUT2D eigenvalue weighted by molar-refractivity contribution is 5.76. The van der Waals surface area contributed by atoms with Crippen LogP contribution < -0.4 is 6.15 Å². The quantitative estimate of drug-likeness (QED) is 0.571. The Morgan fingerprint density at radius 1 is 1.40 bits per heavy atom. The van der Waals surface area contributed by atoms with Crippen molar-refractivity contribution >= 4 is 6.21 Å². The Bertz CT molecular complexity index is 218. The molecule has 1 aromatic rings. The molecule has 0 amide bonds. The van der Waals surface area contributed by atoms with Crippen molar-refractivity contribution in [1.29, 1.82) is 5.41 Å². The maximum Gasteiger partial charge on any atom is 0.0250 e. The van der Waals surface area contributed by atoms with E-state index >= 15 is 0 Å². The van der Waals surface area contributed by atoms with Crippen LogP contribution in [-0.4, -0.2) is 6.21 Å². The molecule has 4 N–H and O–H groups in total. The Kier molecular flexibility index (Phi) is 3.36. The molecule has 0 spiro atoms. The fourth-order valence-electron chi connectivity index (χ4n) is 0.760. The molecule has 0 saturated carbocycles. The van der Waals surface area contributed by atoms with Crippen molar-refractivity contribution in [3.8, 4) is 0 Å². The van der Waals surface area contributed by atoms with E-state index in [1.807, 2.05) is 31.2 Å². The van der Waals surface area contributed by atoms with E-state index in [-0.39, 0.29) is 6.15 Å². The fourth-order valence-corrected chi connectivity index (χ4v) is 0.760. The van der Waals surface area contributed by atoms with Crippen molar-refractivity contribution in [1.82, 2.24) is 6.15 Å². The lowest BCUT2D eigenvalue weighted by atomic mass is 10.2. The molecule has 10 heavy (non-hydrogen) atoms. The van der Waals surface area contributed by atoms with Gasteiger partial charge in [-0.3, -0.25) is 0 Å². The molecule has 0 aliphatic carbocycles. The van der Waals surface area contributed by atoms with Crippen LogP contribution in [-0.2, 0) is 0 Å². The van der Waals surface area contributed by atoms with Crippen LogP contribution in [0.4, 0.5) is 0 Å². The molecule has 54 valence electrons. The Morgan fingerprint density at radius 3 is 2.50 bits per heavy atom. The zero-order chi connectivity index (χ0) is 6.69. The molecule has 0 bridgehead atoms. The van der Waals surface area contributed by atoms with Gasteiger partial charge in [0.15, 0.2) is 0 Å². The Morgan fingerprint density at radius 2 is 2.10 bits per heavy atom. The van der Waals surface area contributed by atoms with E-state index in [4.69, 9.17) is 5.41 Å². The summed E-state index contributed by atoms with van der Waals surface area (Å²) in [5.41, 5.74) is 2.17. The highest BCUT2D eigenvalue weighted by Crippen LogP contribution is 1.99. The maximum absolute atomic E-state index is 6.92. The van der Waals surface area contributed by atoms with Gasteiger partial charge in [0.25, 0.3) is 0 Å². The molecule has 0 unspecified atom stereocenters. The topological polar surface area (TPSA) is 58.9 Å². The number of benzene rings is 1. The van der Waals surface area contributed by atoms with Gasteiger partial charge >= 0.3 is 0 Å². The van der Waals surface area contributed by atoms with Crippen LogP contribution in [0, 0.1) is 12.3 Å². The molecule has 2 nitrogen and oxygen atoms in total. The average Bonchev–Trinajstić information content (AvgIpc) is 1.88. The number of nitrogens with one attached hydrogen (secondary N) is 1. The van der Waals surface area contributed by atoms with Crippen LogP contribution in [0.5, 0.6) is 0 Å². The number of hydrogen-bond acceptors (Lipinski definition) is 2. The molecule has 0 aliphatic heterocycles. The monoisotopic (exact) mass is 136 g/mol. The van der Waals surface area contributed by atoms with Crippen molar-refractivity contribution in [3.63, 3.8) is 0 Å². The van der Waals surface area contributed by atoms with Gasteiger partial charge < -0.3 is 11.6 Å². The van der Waals surface area contributed by atoms with Crippen LogP contribution in [0.15, 0.2) is 24.3 Å². The van der Waals surface area contributed by atoms with Gasteiger partial charge in [-0.1, -0.05) is 29.8 Å². The third-order valence-corrected chi connectivity index (χ3v) is 1.21. The molecule has 0 aromatic heterocycles. The highest BCUT2D eigenvalue weighted by atomic mass is 14.3. The average molecular weight is 136 g/mol. The Labute approximate surface area is 61.0 Å². The highest BCUT2D eigenvalue weighted by Gasteiger charge is 1.84. The molecule has 0 saturated heterocycles. The lowest BCUT2D eigenvalue weighted by Crippen LogP contribution is -1.78. The van der Waals surface area contributed by atoms with Gasteiger partial charge in [-0.25, -0.2) is 0 Å². The van der Waals surface area contributed by atoms with Crippen molar-refractivity contribution < 1.29 is 0 Å². The molecule has 2 heteroatoms. The second-order valence-corrected chi connectivity index (χ2v) is 2.06. The summed E-state index contributed by atoms with van der Waals surface area (Å²) >= 11 is 0. The first-order valence-electron chi connectivity index (χ1n) is 2.90. The summed E-state index contributed by atoms with van der Waals surface area (Å²) in [7, 11) is 0. The standard InChI is InChI=1S/C8H9N.H3N/c1-7-3-2-4-8(5-7)6-9;/h2-6,9H,1H3;1H3. The first-order chi connectivity index (χ1) is 4.33. The second-order valence-electron chi connectivity index (χ2n) is 2.06. The molecule has 0 fully saturated rings. The summed E-state index contributed by atoms with van der Waals surface area (Å²) in [6, 6.07) is 7.87. The smallest absolute Gasteiger partial charge is 0.0250 e. The van der Waals surface area contributed by atoms with E-state index in [1.165, 1.54) is 11.8 Å². The fraction of sp³-hybridized carbons (Fsp3) is 0.125. The summed E-state index contributed by atoms with van der Waals surface area (Å²) in [6.07, 6.45) is 1.35. The first kappa shape index (κ1) is 8.85. The molecular weight excluding hydrogens is 124 g/mol. The number of hydrogen-bond donors (Lipinski definition) is 2. The summed E-state index contributed by atoms with van der Waals surface area (Å²) in [5, 5.41) is 6.92. The van der Waals surface area contributed by atoms with Gasteiger partial charge in [-0.05, 0) is 12.5 Å². The third-order valence-electron chi connectivity index (χ3n) is 1.21. The molecule has 0 aliphatic rings. The largest absolute Gasteiger partial charge is 0.344 e. The number of rotatable bonds is 1. The maximum atomic E-state index is 6.92. The lowest BCUT2D eigenvalue weighted by molar-refractivity contribution is 1.45. The lowest BCUT2D eigenvalue weighted by Gasteiger charge is -1.91. The Balaban J connectivity index is 0.000000810. The zero-order valence-corrected chi connectivity index (χ0v) is 6.09. The van der Waals surface area contributed by atoms with E-state index in [0.717, 1.165) is 5.56 Å². The summed E-state index contributed by atoms with van der Waals surface area (Å²) < 4.78 is 0. The minimum absolute atomic E-state index is 0. The van der Waals surface area contributed by atoms with E-state index < -0.39 is 0 Å². The minimum Gasteiger partial charge on any atom is -0.344 e. The van der Waals surface area contributed by atoms with Gasteiger partial charge in [0, 0.05) is 6.21 Å². The van der Waals surface area contributed by atoms with Crippen LogP contribution in [0.25, 0.3) is 0 Å². The number of aryl methyl sites for hydroxylation is 1. The van der Waals surface area contributed by atoms with Gasteiger partial charge in [-0.15, -0.1) is 0 Å². The van der Waals surface area contributed by atoms with Gasteiger partial charge in [0.2, 0.25) is 0 Å². The normalized spacial score (nSPS) is 8.10. The van der Waals surface area contributed by atoms with Crippen molar-refractivity contribution in [2.75, 3.05) is 0 Å². The predicted molar refractivity (Wildman–Crippen MR) is 44.1 cm³/mol. The molecular formula is C8H12N2. The third kappa shape index (κ3) is 1.99. The van der Waals surface area contributed by atoms with Crippen LogP contribution >= 0.6 is 0 Å². The van der Waals surface area contributed by atoms with Crippen molar-refractivity contribution in [3.05, 3.63) is 35.4 Å². The molecule has 0 heterocycles. The zero-order valence-electron chi connectivity index (χ0n) is 6.09. The van der Waals surface area contributed by atoms with E-state index in [1.54, 1.807) is 0 Å².